The molecule has 0 aliphatic carbocycles. The highest BCUT2D eigenvalue weighted by atomic mass is 35.5. The van der Waals surface area contributed by atoms with Crippen molar-refractivity contribution in [2.45, 2.75) is 13.2 Å². The summed E-state index contributed by atoms with van der Waals surface area (Å²) < 4.78 is 10.9. The first-order valence-corrected chi connectivity index (χ1v) is 6.32. The number of aliphatic hydroxyl groups excluding tert-OH is 1. The lowest BCUT2D eigenvalue weighted by Gasteiger charge is -2.11. The molecule has 19 heavy (non-hydrogen) atoms. The van der Waals surface area contributed by atoms with Crippen LogP contribution in [0.1, 0.15) is 11.1 Å². The van der Waals surface area contributed by atoms with Crippen LogP contribution in [0.15, 0.2) is 48.5 Å². The molecule has 2 aromatic carbocycles. The van der Waals surface area contributed by atoms with E-state index < -0.39 is 0 Å². The van der Waals surface area contributed by atoms with Crippen molar-refractivity contribution in [2.24, 2.45) is 0 Å². The first-order valence-electron chi connectivity index (χ1n) is 5.94. The fraction of sp³-hybridized carbons (Fsp3) is 0.200. The maximum Gasteiger partial charge on any atom is 0.189 e. The van der Waals surface area contributed by atoms with Crippen LogP contribution in [-0.2, 0) is 18.0 Å². The van der Waals surface area contributed by atoms with Gasteiger partial charge in [0.05, 0.1) is 13.2 Å². The standard InChI is InChI=1S/C15H15ClO3/c16-14-7-4-8-15(13(14)9-17)19-11-18-10-12-5-2-1-3-6-12/h1-8,17H,9-11H2. The molecule has 100 valence electrons. The highest BCUT2D eigenvalue weighted by Gasteiger charge is 2.06. The molecule has 0 aromatic heterocycles. The van der Waals surface area contributed by atoms with Crippen LogP contribution in [0.4, 0.5) is 0 Å². The van der Waals surface area contributed by atoms with Crippen LogP contribution in [-0.4, -0.2) is 11.9 Å². The number of rotatable bonds is 6. The minimum absolute atomic E-state index is 0.113. The number of hydrogen-bond donors (Lipinski definition) is 1. The summed E-state index contributed by atoms with van der Waals surface area (Å²) in [6.45, 7) is 0.436. The van der Waals surface area contributed by atoms with E-state index in [9.17, 15) is 5.11 Å². The van der Waals surface area contributed by atoms with Crippen molar-refractivity contribution in [3.63, 3.8) is 0 Å². The SMILES string of the molecule is OCc1c(Cl)cccc1OCOCc1ccccc1. The zero-order chi connectivity index (χ0) is 13.5. The van der Waals surface area contributed by atoms with Crippen molar-refractivity contribution in [3.8, 4) is 5.75 Å². The Morgan fingerprint density at radius 2 is 1.79 bits per heavy atom. The van der Waals surface area contributed by atoms with Gasteiger partial charge in [0.2, 0.25) is 0 Å². The molecule has 0 radical (unpaired) electrons. The van der Waals surface area contributed by atoms with Gasteiger partial charge >= 0.3 is 0 Å². The van der Waals surface area contributed by atoms with Crippen LogP contribution in [0.2, 0.25) is 5.02 Å². The Labute approximate surface area is 117 Å². The lowest BCUT2D eigenvalue weighted by atomic mass is 10.2. The van der Waals surface area contributed by atoms with Gasteiger partial charge in [0.1, 0.15) is 5.75 Å². The van der Waals surface area contributed by atoms with E-state index in [1.807, 2.05) is 30.3 Å². The molecule has 0 atom stereocenters. The fourth-order valence-corrected chi connectivity index (χ4v) is 1.89. The van der Waals surface area contributed by atoms with Gasteiger partial charge in [-0.05, 0) is 17.7 Å². The van der Waals surface area contributed by atoms with Crippen LogP contribution in [0.25, 0.3) is 0 Å². The number of aliphatic hydroxyl groups is 1. The molecule has 0 saturated carbocycles. The highest BCUT2D eigenvalue weighted by Crippen LogP contribution is 2.26. The molecule has 0 saturated heterocycles. The molecule has 0 aliphatic rings. The van der Waals surface area contributed by atoms with E-state index in [1.165, 1.54) is 0 Å². The molecular weight excluding hydrogens is 264 g/mol. The summed E-state index contributed by atoms with van der Waals surface area (Å²) in [4.78, 5) is 0. The van der Waals surface area contributed by atoms with Crippen LogP contribution in [0, 0.1) is 0 Å². The van der Waals surface area contributed by atoms with E-state index in [2.05, 4.69) is 0 Å². The maximum atomic E-state index is 9.23. The average Bonchev–Trinajstić information content (AvgIpc) is 2.45. The molecule has 0 spiro atoms. The Morgan fingerprint density at radius 3 is 2.53 bits per heavy atom. The van der Waals surface area contributed by atoms with Crippen LogP contribution >= 0.6 is 11.6 Å². The molecule has 0 fully saturated rings. The van der Waals surface area contributed by atoms with Crippen molar-refractivity contribution in [1.82, 2.24) is 0 Å². The third-order valence-electron chi connectivity index (χ3n) is 2.64. The van der Waals surface area contributed by atoms with E-state index in [0.29, 0.717) is 22.9 Å². The lowest BCUT2D eigenvalue weighted by Crippen LogP contribution is -2.05. The quantitative estimate of drug-likeness (QED) is 0.650. The first kappa shape index (κ1) is 13.9. The highest BCUT2D eigenvalue weighted by molar-refractivity contribution is 6.31. The van der Waals surface area contributed by atoms with Gasteiger partial charge < -0.3 is 14.6 Å². The third-order valence-corrected chi connectivity index (χ3v) is 3.00. The predicted molar refractivity (Wildman–Crippen MR) is 74.1 cm³/mol. The van der Waals surface area contributed by atoms with Gasteiger partial charge in [0, 0.05) is 10.6 Å². The Bertz CT molecular complexity index is 514. The molecule has 2 rings (SSSR count). The van der Waals surface area contributed by atoms with Crippen molar-refractivity contribution in [3.05, 3.63) is 64.7 Å². The van der Waals surface area contributed by atoms with Gasteiger partial charge in [-0.25, -0.2) is 0 Å². The van der Waals surface area contributed by atoms with Gasteiger partial charge in [-0.1, -0.05) is 48.0 Å². The Hall–Kier alpha value is -1.55. The molecule has 1 N–H and O–H groups in total. The molecule has 0 aliphatic heterocycles. The Kier molecular flexibility index (Phi) is 5.21. The number of ether oxygens (including phenoxy) is 2. The second kappa shape index (κ2) is 7.14. The maximum absolute atomic E-state index is 9.23. The zero-order valence-corrected chi connectivity index (χ0v) is 11.1. The lowest BCUT2D eigenvalue weighted by molar-refractivity contribution is 0.00401. The summed E-state index contributed by atoms with van der Waals surface area (Å²) >= 11 is 5.96. The molecular formula is C15H15ClO3. The van der Waals surface area contributed by atoms with Crippen molar-refractivity contribution in [1.29, 1.82) is 0 Å². The Morgan fingerprint density at radius 1 is 1.00 bits per heavy atom. The summed E-state index contributed by atoms with van der Waals surface area (Å²) in [7, 11) is 0. The topological polar surface area (TPSA) is 38.7 Å². The summed E-state index contributed by atoms with van der Waals surface area (Å²) in [6, 6.07) is 15.1. The minimum atomic E-state index is -0.159. The average molecular weight is 279 g/mol. The molecule has 3 nitrogen and oxygen atoms in total. The van der Waals surface area contributed by atoms with E-state index in [0.717, 1.165) is 5.56 Å². The van der Waals surface area contributed by atoms with Gasteiger partial charge in [0.15, 0.2) is 6.79 Å². The van der Waals surface area contributed by atoms with Crippen LogP contribution < -0.4 is 4.74 Å². The van der Waals surface area contributed by atoms with E-state index in [4.69, 9.17) is 21.1 Å². The molecule has 0 heterocycles. The van der Waals surface area contributed by atoms with Crippen molar-refractivity contribution in [2.75, 3.05) is 6.79 Å². The van der Waals surface area contributed by atoms with E-state index in [-0.39, 0.29) is 13.4 Å². The van der Waals surface area contributed by atoms with Crippen LogP contribution in [0.3, 0.4) is 0 Å². The molecule has 0 bridgehead atoms. The predicted octanol–water partition coefficient (Wildman–Crippen LogP) is 3.39. The monoisotopic (exact) mass is 278 g/mol. The largest absolute Gasteiger partial charge is 0.467 e. The fourth-order valence-electron chi connectivity index (χ4n) is 1.67. The molecule has 0 unspecified atom stereocenters. The second-order valence-corrected chi connectivity index (χ2v) is 4.38. The van der Waals surface area contributed by atoms with Crippen LogP contribution in [0.5, 0.6) is 5.75 Å². The summed E-state index contributed by atoms with van der Waals surface area (Å²) in [5.41, 5.74) is 1.66. The number of hydrogen-bond acceptors (Lipinski definition) is 3. The summed E-state index contributed by atoms with van der Waals surface area (Å²) in [6.07, 6.45) is 0. The van der Waals surface area contributed by atoms with Crippen molar-refractivity contribution >= 4 is 11.6 Å². The van der Waals surface area contributed by atoms with Gasteiger partial charge in [-0.15, -0.1) is 0 Å². The second-order valence-electron chi connectivity index (χ2n) is 3.97. The molecule has 2 aromatic rings. The Balaban J connectivity index is 1.85. The normalized spacial score (nSPS) is 10.4. The summed E-state index contributed by atoms with van der Waals surface area (Å²) in [5, 5.41) is 9.72. The number of halogens is 1. The number of benzene rings is 2. The molecule has 4 heteroatoms. The van der Waals surface area contributed by atoms with Gasteiger partial charge in [-0.2, -0.15) is 0 Å². The minimum Gasteiger partial charge on any atom is -0.467 e. The van der Waals surface area contributed by atoms with Gasteiger partial charge in [-0.3, -0.25) is 0 Å². The van der Waals surface area contributed by atoms with Gasteiger partial charge in [0.25, 0.3) is 0 Å². The smallest absolute Gasteiger partial charge is 0.189 e. The zero-order valence-electron chi connectivity index (χ0n) is 10.4. The third kappa shape index (κ3) is 3.96. The summed E-state index contributed by atoms with van der Waals surface area (Å²) in [5.74, 6) is 0.545. The van der Waals surface area contributed by atoms with E-state index in [1.54, 1.807) is 18.2 Å². The molecule has 0 amide bonds. The first-order chi connectivity index (χ1) is 9.31. The van der Waals surface area contributed by atoms with E-state index >= 15 is 0 Å². The van der Waals surface area contributed by atoms with Crippen molar-refractivity contribution < 1.29 is 14.6 Å².